The van der Waals surface area contributed by atoms with Gasteiger partial charge in [0.25, 0.3) is 0 Å². The van der Waals surface area contributed by atoms with Gasteiger partial charge in [-0.25, -0.2) is 0 Å². The van der Waals surface area contributed by atoms with Crippen LogP contribution in [0.15, 0.2) is 42.6 Å². The largest absolute Gasteiger partial charge is 0.381 e. The number of benzene rings is 1. The van der Waals surface area contributed by atoms with Crippen LogP contribution in [-0.4, -0.2) is 30.6 Å². The molecule has 132 valence electrons. The van der Waals surface area contributed by atoms with Gasteiger partial charge in [0.2, 0.25) is 5.91 Å². The summed E-state index contributed by atoms with van der Waals surface area (Å²) in [6.45, 7) is 3.92. The van der Waals surface area contributed by atoms with E-state index in [0.29, 0.717) is 26.2 Å². The van der Waals surface area contributed by atoms with Crippen molar-refractivity contribution in [3.8, 4) is 0 Å². The molecule has 0 aliphatic carbocycles. The van der Waals surface area contributed by atoms with Crippen LogP contribution in [0.3, 0.4) is 0 Å². The Morgan fingerprint density at radius 2 is 2.08 bits per heavy atom. The van der Waals surface area contributed by atoms with E-state index in [-0.39, 0.29) is 11.3 Å². The van der Waals surface area contributed by atoms with Crippen molar-refractivity contribution in [1.82, 2.24) is 10.3 Å². The highest BCUT2D eigenvalue weighted by atomic mass is 35.5. The van der Waals surface area contributed by atoms with E-state index in [9.17, 15) is 4.79 Å². The van der Waals surface area contributed by atoms with E-state index in [1.54, 1.807) is 6.20 Å². The molecule has 5 heteroatoms. The van der Waals surface area contributed by atoms with Gasteiger partial charge >= 0.3 is 0 Å². The number of nitrogens with one attached hydrogen (secondary N) is 1. The molecule has 1 aromatic heterocycles. The highest BCUT2D eigenvalue weighted by Gasteiger charge is 2.35. The number of aromatic nitrogens is 1. The third-order valence-electron chi connectivity index (χ3n) is 4.85. The molecule has 1 N–H and O–H groups in total. The van der Waals surface area contributed by atoms with Gasteiger partial charge in [-0.1, -0.05) is 29.8 Å². The first-order valence-corrected chi connectivity index (χ1v) is 8.97. The Kier molecular flexibility index (Phi) is 5.71. The molecule has 1 saturated heterocycles. The van der Waals surface area contributed by atoms with Gasteiger partial charge in [0, 0.05) is 42.1 Å². The summed E-state index contributed by atoms with van der Waals surface area (Å²) in [5.74, 6) is 0.0125. The zero-order valence-electron chi connectivity index (χ0n) is 14.4. The minimum absolute atomic E-state index is 0.0125. The zero-order valence-corrected chi connectivity index (χ0v) is 15.2. The minimum Gasteiger partial charge on any atom is -0.381 e. The van der Waals surface area contributed by atoms with E-state index >= 15 is 0 Å². The van der Waals surface area contributed by atoms with Crippen molar-refractivity contribution < 1.29 is 9.53 Å². The molecule has 0 saturated carbocycles. The van der Waals surface area contributed by atoms with Crippen LogP contribution in [0.4, 0.5) is 0 Å². The zero-order chi connectivity index (χ0) is 17.7. The van der Waals surface area contributed by atoms with Gasteiger partial charge < -0.3 is 10.1 Å². The fourth-order valence-electron chi connectivity index (χ4n) is 3.27. The molecular weight excluding hydrogens is 336 g/mol. The van der Waals surface area contributed by atoms with Crippen LogP contribution in [0, 0.1) is 6.92 Å². The first kappa shape index (κ1) is 17.9. The normalized spacial score (nSPS) is 16.4. The Morgan fingerprint density at radius 1 is 1.28 bits per heavy atom. The highest BCUT2D eigenvalue weighted by Crippen LogP contribution is 2.35. The van der Waals surface area contributed by atoms with Crippen LogP contribution in [0.2, 0.25) is 5.02 Å². The molecule has 0 radical (unpaired) electrons. The fourth-order valence-corrected chi connectivity index (χ4v) is 3.46. The predicted octanol–water partition coefficient (Wildman–Crippen LogP) is 3.45. The summed E-state index contributed by atoms with van der Waals surface area (Å²) >= 11 is 6.18. The van der Waals surface area contributed by atoms with Crippen LogP contribution in [-0.2, 0) is 21.4 Å². The number of hydrogen-bond donors (Lipinski definition) is 1. The van der Waals surface area contributed by atoms with Crippen molar-refractivity contribution in [3.63, 3.8) is 0 Å². The van der Waals surface area contributed by atoms with Crippen LogP contribution < -0.4 is 5.32 Å². The lowest BCUT2D eigenvalue weighted by Gasteiger charge is -2.38. The Hall–Kier alpha value is -1.91. The van der Waals surface area contributed by atoms with E-state index < -0.39 is 0 Å². The molecule has 2 aromatic rings. The van der Waals surface area contributed by atoms with Crippen molar-refractivity contribution in [1.29, 1.82) is 0 Å². The molecule has 25 heavy (non-hydrogen) atoms. The SMILES string of the molecule is Cc1ccc(CC(=O)NCC2(c3cccc(Cl)c3)CCOCC2)cn1. The van der Waals surface area contributed by atoms with Gasteiger partial charge in [0.15, 0.2) is 0 Å². The van der Waals surface area contributed by atoms with Crippen LogP contribution >= 0.6 is 11.6 Å². The van der Waals surface area contributed by atoms with Crippen molar-refractivity contribution in [2.45, 2.75) is 31.6 Å². The van der Waals surface area contributed by atoms with E-state index in [0.717, 1.165) is 29.1 Å². The summed E-state index contributed by atoms with van der Waals surface area (Å²) in [6, 6.07) is 11.8. The molecule has 4 nitrogen and oxygen atoms in total. The number of amides is 1. The molecule has 3 rings (SSSR count). The Morgan fingerprint density at radius 3 is 2.76 bits per heavy atom. The van der Waals surface area contributed by atoms with Gasteiger partial charge in [-0.2, -0.15) is 0 Å². The van der Waals surface area contributed by atoms with E-state index in [1.165, 1.54) is 5.56 Å². The monoisotopic (exact) mass is 358 g/mol. The average Bonchev–Trinajstić information content (AvgIpc) is 2.63. The number of pyridine rings is 1. The van der Waals surface area contributed by atoms with Crippen LogP contribution in [0.25, 0.3) is 0 Å². The topological polar surface area (TPSA) is 51.2 Å². The summed E-state index contributed by atoms with van der Waals surface area (Å²) in [5.41, 5.74) is 2.92. The number of nitrogens with zero attached hydrogens (tertiary/aromatic N) is 1. The summed E-state index contributed by atoms with van der Waals surface area (Å²) in [5, 5.41) is 3.83. The number of aryl methyl sites for hydroxylation is 1. The van der Waals surface area contributed by atoms with Crippen LogP contribution in [0.5, 0.6) is 0 Å². The molecule has 1 aromatic carbocycles. The fraction of sp³-hybridized carbons (Fsp3) is 0.400. The second-order valence-corrected chi connectivity index (χ2v) is 7.10. The number of rotatable bonds is 5. The van der Waals surface area contributed by atoms with Gasteiger partial charge in [-0.15, -0.1) is 0 Å². The lowest BCUT2D eigenvalue weighted by molar-refractivity contribution is -0.121. The molecule has 2 heterocycles. The summed E-state index contributed by atoms with van der Waals surface area (Å²) in [4.78, 5) is 16.6. The van der Waals surface area contributed by atoms with Crippen molar-refractivity contribution in [3.05, 3.63) is 64.4 Å². The maximum absolute atomic E-state index is 12.4. The highest BCUT2D eigenvalue weighted by molar-refractivity contribution is 6.30. The maximum Gasteiger partial charge on any atom is 0.224 e. The average molecular weight is 359 g/mol. The third-order valence-corrected chi connectivity index (χ3v) is 5.08. The smallest absolute Gasteiger partial charge is 0.224 e. The number of carbonyl (C=O) groups excluding carboxylic acids is 1. The van der Waals surface area contributed by atoms with E-state index in [1.807, 2.05) is 37.3 Å². The quantitative estimate of drug-likeness (QED) is 0.890. The van der Waals surface area contributed by atoms with Crippen molar-refractivity contribution >= 4 is 17.5 Å². The molecule has 1 aliphatic heterocycles. The second kappa shape index (κ2) is 7.98. The molecule has 1 fully saturated rings. The number of hydrogen-bond acceptors (Lipinski definition) is 3. The molecule has 1 amide bonds. The second-order valence-electron chi connectivity index (χ2n) is 6.66. The lowest BCUT2D eigenvalue weighted by Crippen LogP contribution is -2.45. The standard InChI is InChI=1S/C20H23ClN2O2/c1-15-5-6-16(13-22-15)11-19(24)23-14-20(7-9-25-10-8-20)17-3-2-4-18(21)12-17/h2-6,12-13H,7-11,14H2,1H3,(H,23,24). The molecule has 1 aliphatic rings. The molecule has 0 atom stereocenters. The predicted molar refractivity (Wildman–Crippen MR) is 98.9 cm³/mol. The Bertz CT molecular complexity index is 725. The third kappa shape index (κ3) is 4.59. The summed E-state index contributed by atoms with van der Waals surface area (Å²) in [7, 11) is 0. The van der Waals surface area contributed by atoms with Crippen molar-refractivity contribution in [2.24, 2.45) is 0 Å². The summed E-state index contributed by atoms with van der Waals surface area (Å²) < 4.78 is 5.54. The van der Waals surface area contributed by atoms with Gasteiger partial charge in [0.1, 0.15) is 0 Å². The Labute approximate surface area is 153 Å². The molecule has 0 unspecified atom stereocenters. The summed E-state index contributed by atoms with van der Waals surface area (Å²) in [6.07, 6.45) is 3.85. The maximum atomic E-state index is 12.4. The Balaban J connectivity index is 1.68. The van der Waals surface area contributed by atoms with E-state index in [4.69, 9.17) is 16.3 Å². The lowest BCUT2D eigenvalue weighted by atomic mass is 9.74. The molecule has 0 bridgehead atoms. The van der Waals surface area contributed by atoms with Gasteiger partial charge in [0.05, 0.1) is 6.42 Å². The number of carbonyl (C=O) groups is 1. The molecule has 0 spiro atoms. The first-order chi connectivity index (χ1) is 12.1. The van der Waals surface area contributed by atoms with E-state index in [2.05, 4.69) is 16.4 Å². The molecular formula is C20H23ClN2O2. The van der Waals surface area contributed by atoms with Gasteiger partial charge in [-0.3, -0.25) is 9.78 Å². The van der Waals surface area contributed by atoms with Gasteiger partial charge in [-0.05, 0) is 49.1 Å². The van der Waals surface area contributed by atoms with Crippen LogP contribution in [0.1, 0.15) is 29.7 Å². The minimum atomic E-state index is -0.121. The number of ether oxygens (including phenoxy) is 1. The first-order valence-electron chi connectivity index (χ1n) is 8.59. The van der Waals surface area contributed by atoms with Crippen molar-refractivity contribution in [2.75, 3.05) is 19.8 Å². The number of halogens is 1.